The van der Waals surface area contributed by atoms with Crippen molar-refractivity contribution < 1.29 is 19.0 Å². The average molecular weight is 279 g/mol. The van der Waals surface area contributed by atoms with Gasteiger partial charge in [-0.05, 0) is 24.7 Å². The van der Waals surface area contributed by atoms with E-state index in [1.165, 1.54) is 7.11 Å². The van der Waals surface area contributed by atoms with Crippen molar-refractivity contribution in [3.63, 3.8) is 0 Å². The SMILES string of the molecule is COC(=O)[C@H]1CN(C)C[C@H]1c1ccc(OC)c(OC)c1. The fourth-order valence-electron chi connectivity index (χ4n) is 2.81. The van der Waals surface area contributed by atoms with Gasteiger partial charge in [-0.1, -0.05) is 6.07 Å². The number of benzene rings is 1. The number of rotatable bonds is 4. The monoisotopic (exact) mass is 279 g/mol. The van der Waals surface area contributed by atoms with E-state index in [0.29, 0.717) is 18.0 Å². The van der Waals surface area contributed by atoms with Crippen molar-refractivity contribution in [1.82, 2.24) is 4.90 Å². The molecule has 5 heteroatoms. The van der Waals surface area contributed by atoms with Gasteiger partial charge in [-0.2, -0.15) is 0 Å². The highest BCUT2D eigenvalue weighted by Gasteiger charge is 2.38. The summed E-state index contributed by atoms with van der Waals surface area (Å²) in [6.45, 7) is 1.54. The average Bonchev–Trinajstić information content (AvgIpc) is 2.87. The van der Waals surface area contributed by atoms with Gasteiger partial charge in [0.05, 0.1) is 27.2 Å². The minimum absolute atomic E-state index is 0.118. The van der Waals surface area contributed by atoms with Crippen LogP contribution in [0.3, 0.4) is 0 Å². The van der Waals surface area contributed by atoms with Crippen LogP contribution in [0.25, 0.3) is 0 Å². The predicted octanol–water partition coefficient (Wildman–Crippen LogP) is 1.52. The van der Waals surface area contributed by atoms with E-state index in [1.807, 2.05) is 25.2 Å². The summed E-state index contributed by atoms with van der Waals surface area (Å²) in [5.41, 5.74) is 1.07. The fraction of sp³-hybridized carbons (Fsp3) is 0.533. The molecule has 0 N–H and O–H groups in total. The van der Waals surface area contributed by atoms with Crippen LogP contribution >= 0.6 is 0 Å². The van der Waals surface area contributed by atoms with Gasteiger partial charge in [0, 0.05) is 19.0 Å². The van der Waals surface area contributed by atoms with Gasteiger partial charge in [0.1, 0.15) is 0 Å². The molecule has 0 spiro atoms. The Morgan fingerprint density at radius 3 is 2.45 bits per heavy atom. The van der Waals surface area contributed by atoms with Crippen molar-refractivity contribution in [2.45, 2.75) is 5.92 Å². The van der Waals surface area contributed by atoms with Gasteiger partial charge in [-0.15, -0.1) is 0 Å². The Hall–Kier alpha value is -1.75. The number of hydrogen-bond donors (Lipinski definition) is 0. The Bertz CT molecular complexity index is 489. The summed E-state index contributed by atoms with van der Waals surface area (Å²) in [5, 5.41) is 0. The van der Waals surface area contributed by atoms with Crippen molar-refractivity contribution in [2.75, 3.05) is 41.5 Å². The highest BCUT2D eigenvalue weighted by atomic mass is 16.5. The van der Waals surface area contributed by atoms with Gasteiger partial charge < -0.3 is 19.1 Å². The maximum absolute atomic E-state index is 11.9. The van der Waals surface area contributed by atoms with E-state index in [9.17, 15) is 4.79 Å². The van der Waals surface area contributed by atoms with Crippen molar-refractivity contribution in [3.05, 3.63) is 23.8 Å². The molecule has 1 aromatic rings. The molecule has 1 saturated heterocycles. The Kier molecular flexibility index (Phi) is 4.49. The number of carbonyl (C=O) groups is 1. The first-order chi connectivity index (χ1) is 9.60. The zero-order chi connectivity index (χ0) is 14.7. The molecular formula is C15H21NO4. The second kappa shape index (κ2) is 6.13. The maximum atomic E-state index is 11.9. The van der Waals surface area contributed by atoms with Crippen LogP contribution in [0.5, 0.6) is 11.5 Å². The number of esters is 1. The summed E-state index contributed by atoms with van der Waals surface area (Å²) < 4.78 is 15.5. The molecule has 20 heavy (non-hydrogen) atoms. The van der Waals surface area contributed by atoms with Gasteiger partial charge in [-0.3, -0.25) is 4.79 Å². The maximum Gasteiger partial charge on any atom is 0.310 e. The molecule has 1 fully saturated rings. The first-order valence-electron chi connectivity index (χ1n) is 6.59. The highest BCUT2D eigenvalue weighted by Crippen LogP contribution is 2.37. The standard InChI is InChI=1S/C15H21NO4/c1-16-8-11(12(9-16)15(17)20-4)10-5-6-13(18-2)14(7-10)19-3/h5-7,11-12H,8-9H2,1-4H3/t11-,12-/m0/s1. The van der Waals surface area contributed by atoms with E-state index in [0.717, 1.165) is 12.1 Å². The summed E-state index contributed by atoms with van der Waals surface area (Å²) >= 11 is 0. The number of carbonyl (C=O) groups excluding carboxylic acids is 1. The third-order valence-electron chi connectivity index (χ3n) is 3.84. The summed E-state index contributed by atoms with van der Waals surface area (Å²) in [7, 11) is 6.67. The molecule has 0 bridgehead atoms. The second-order valence-corrected chi connectivity index (χ2v) is 5.07. The topological polar surface area (TPSA) is 48.0 Å². The number of nitrogens with zero attached hydrogens (tertiary/aromatic N) is 1. The molecule has 2 atom stereocenters. The van der Waals surface area contributed by atoms with Crippen LogP contribution in [0.4, 0.5) is 0 Å². The molecule has 0 aromatic heterocycles. The Balaban J connectivity index is 2.31. The molecule has 5 nitrogen and oxygen atoms in total. The summed E-state index contributed by atoms with van der Waals surface area (Å²) in [4.78, 5) is 14.1. The number of ether oxygens (including phenoxy) is 3. The highest BCUT2D eigenvalue weighted by molar-refractivity contribution is 5.74. The molecule has 1 aliphatic heterocycles. The van der Waals surface area contributed by atoms with Crippen LogP contribution < -0.4 is 9.47 Å². The van der Waals surface area contributed by atoms with E-state index in [2.05, 4.69) is 4.90 Å². The first kappa shape index (κ1) is 14.7. The van der Waals surface area contributed by atoms with E-state index in [1.54, 1.807) is 14.2 Å². The van der Waals surface area contributed by atoms with Crippen LogP contribution in [0, 0.1) is 5.92 Å². The van der Waals surface area contributed by atoms with Crippen molar-refractivity contribution in [2.24, 2.45) is 5.92 Å². The largest absolute Gasteiger partial charge is 0.493 e. The molecule has 0 saturated carbocycles. The first-order valence-corrected chi connectivity index (χ1v) is 6.59. The van der Waals surface area contributed by atoms with Crippen LogP contribution in [-0.4, -0.2) is 52.3 Å². The van der Waals surface area contributed by atoms with Gasteiger partial charge in [0.2, 0.25) is 0 Å². The molecule has 1 aliphatic rings. The summed E-state index contributed by atoms with van der Waals surface area (Å²) in [6.07, 6.45) is 0. The van der Waals surface area contributed by atoms with E-state index < -0.39 is 0 Å². The van der Waals surface area contributed by atoms with Gasteiger partial charge in [0.25, 0.3) is 0 Å². The van der Waals surface area contributed by atoms with E-state index in [4.69, 9.17) is 14.2 Å². The lowest BCUT2D eigenvalue weighted by molar-refractivity contribution is -0.145. The minimum Gasteiger partial charge on any atom is -0.493 e. The second-order valence-electron chi connectivity index (χ2n) is 5.07. The van der Waals surface area contributed by atoms with E-state index >= 15 is 0 Å². The lowest BCUT2D eigenvalue weighted by Crippen LogP contribution is -2.23. The molecular weight excluding hydrogens is 258 g/mol. The Labute approximate surface area is 119 Å². The Morgan fingerprint density at radius 2 is 1.85 bits per heavy atom. The van der Waals surface area contributed by atoms with Crippen molar-refractivity contribution >= 4 is 5.97 Å². The molecule has 0 aliphatic carbocycles. The number of likely N-dealkylation sites (tertiary alicyclic amines) is 1. The normalized spacial score (nSPS) is 22.6. The van der Waals surface area contributed by atoms with Crippen LogP contribution in [0.1, 0.15) is 11.5 Å². The van der Waals surface area contributed by atoms with Crippen LogP contribution in [-0.2, 0) is 9.53 Å². The molecule has 0 radical (unpaired) electrons. The third kappa shape index (κ3) is 2.72. The van der Waals surface area contributed by atoms with Gasteiger partial charge in [-0.25, -0.2) is 0 Å². The fourth-order valence-corrected chi connectivity index (χ4v) is 2.81. The predicted molar refractivity (Wildman–Crippen MR) is 75.3 cm³/mol. The van der Waals surface area contributed by atoms with Crippen molar-refractivity contribution in [3.8, 4) is 11.5 Å². The van der Waals surface area contributed by atoms with Crippen LogP contribution in [0.15, 0.2) is 18.2 Å². The number of likely N-dealkylation sites (N-methyl/N-ethyl adjacent to an activating group) is 1. The van der Waals surface area contributed by atoms with Gasteiger partial charge in [0.15, 0.2) is 11.5 Å². The molecule has 1 heterocycles. The summed E-state index contributed by atoms with van der Waals surface area (Å²) in [5.74, 6) is 1.20. The molecule has 2 rings (SSSR count). The van der Waals surface area contributed by atoms with E-state index in [-0.39, 0.29) is 17.8 Å². The lowest BCUT2D eigenvalue weighted by Gasteiger charge is -2.18. The smallest absolute Gasteiger partial charge is 0.310 e. The van der Waals surface area contributed by atoms with Crippen molar-refractivity contribution in [1.29, 1.82) is 0 Å². The lowest BCUT2D eigenvalue weighted by atomic mass is 9.89. The third-order valence-corrected chi connectivity index (χ3v) is 3.84. The number of methoxy groups -OCH3 is 3. The Morgan fingerprint density at radius 1 is 1.15 bits per heavy atom. The molecule has 110 valence electrons. The summed E-state index contributed by atoms with van der Waals surface area (Å²) in [6, 6.07) is 5.81. The zero-order valence-corrected chi connectivity index (χ0v) is 12.4. The minimum atomic E-state index is -0.158. The molecule has 0 unspecified atom stereocenters. The quantitative estimate of drug-likeness (QED) is 0.782. The van der Waals surface area contributed by atoms with Gasteiger partial charge >= 0.3 is 5.97 Å². The molecule has 0 amide bonds. The van der Waals surface area contributed by atoms with Crippen LogP contribution in [0.2, 0.25) is 0 Å². The zero-order valence-electron chi connectivity index (χ0n) is 12.4. The molecule has 1 aromatic carbocycles. The number of hydrogen-bond acceptors (Lipinski definition) is 5.